The van der Waals surface area contributed by atoms with Crippen LogP contribution in [0.3, 0.4) is 0 Å². The lowest BCUT2D eigenvalue weighted by Crippen LogP contribution is -2.54. The first-order valence-electron chi connectivity index (χ1n) is 8.82. The highest BCUT2D eigenvalue weighted by Crippen LogP contribution is 2.27. The fraction of sp³-hybridized carbons (Fsp3) is 0.0476. The van der Waals surface area contributed by atoms with E-state index in [-0.39, 0.29) is 17.8 Å². The molecule has 4 rings (SSSR count). The molecule has 0 saturated carbocycles. The summed E-state index contributed by atoms with van der Waals surface area (Å²) in [6.07, 6.45) is 2.76. The summed E-state index contributed by atoms with van der Waals surface area (Å²) in [6.45, 7) is -0.316. The van der Waals surface area contributed by atoms with Gasteiger partial charge in [0.25, 0.3) is 11.8 Å². The lowest BCUT2D eigenvalue weighted by Gasteiger charge is -2.26. The van der Waals surface area contributed by atoms with Crippen LogP contribution < -0.4 is 10.2 Å². The third-order valence-electron chi connectivity index (χ3n) is 4.62. The Morgan fingerprint density at radius 1 is 1.07 bits per heavy atom. The van der Waals surface area contributed by atoms with Gasteiger partial charge in [-0.25, -0.2) is 14.1 Å². The van der Waals surface area contributed by atoms with E-state index in [0.717, 1.165) is 6.07 Å². The van der Waals surface area contributed by atoms with Crippen molar-refractivity contribution in [2.45, 2.75) is 6.54 Å². The Bertz CT molecular complexity index is 1260. The number of rotatable bonds is 4. The molecule has 0 aliphatic carbocycles. The van der Waals surface area contributed by atoms with E-state index in [4.69, 9.17) is 5.11 Å². The van der Waals surface area contributed by atoms with Gasteiger partial charge in [-0.2, -0.15) is 0 Å². The molecule has 8 nitrogen and oxygen atoms in total. The zero-order chi connectivity index (χ0) is 21.4. The minimum Gasteiger partial charge on any atom is -0.480 e. The number of urea groups is 1. The number of imide groups is 2. The average Bonchev–Trinajstić information content (AvgIpc) is 3.03. The molecule has 0 bridgehead atoms. The number of hydrogen-bond donors (Lipinski definition) is 2. The van der Waals surface area contributed by atoms with Crippen LogP contribution in [0.5, 0.6) is 0 Å². The number of amides is 4. The van der Waals surface area contributed by atoms with Crippen molar-refractivity contribution in [2.24, 2.45) is 0 Å². The number of benzene rings is 2. The maximum atomic E-state index is 14.2. The van der Waals surface area contributed by atoms with Crippen LogP contribution in [0.25, 0.3) is 17.0 Å². The zero-order valence-corrected chi connectivity index (χ0v) is 15.3. The molecule has 0 radical (unpaired) electrons. The second-order valence-corrected chi connectivity index (χ2v) is 6.53. The molecule has 1 aromatic heterocycles. The molecule has 2 aromatic carbocycles. The van der Waals surface area contributed by atoms with E-state index >= 15 is 0 Å². The Hall–Kier alpha value is -4.27. The first kappa shape index (κ1) is 19.1. The van der Waals surface area contributed by atoms with E-state index in [0.29, 0.717) is 21.4 Å². The Balaban J connectivity index is 1.82. The second-order valence-electron chi connectivity index (χ2n) is 6.53. The lowest BCUT2D eigenvalue weighted by atomic mass is 10.1. The largest absolute Gasteiger partial charge is 0.480 e. The summed E-state index contributed by atoms with van der Waals surface area (Å²) >= 11 is 0. The maximum Gasteiger partial charge on any atom is 0.336 e. The van der Waals surface area contributed by atoms with Crippen molar-refractivity contribution < 1.29 is 28.7 Å². The number of carboxylic acids is 1. The van der Waals surface area contributed by atoms with Gasteiger partial charge in [-0.1, -0.05) is 30.3 Å². The van der Waals surface area contributed by atoms with Crippen molar-refractivity contribution in [2.75, 3.05) is 4.90 Å². The smallest absolute Gasteiger partial charge is 0.336 e. The van der Waals surface area contributed by atoms with Gasteiger partial charge < -0.3 is 9.67 Å². The number of carbonyl (C=O) groups excluding carboxylic acids is 3. The van der Waals surface area contributed by atoms with Crippen LogP contribution in [0.4, 0.5) is 14.9 Å². The van der Waals surface area contributed by atoms with Gasteiger partial charge in [-0.3, -0.25) is 19.7 Å². The van der Waals surface area contributed by atoms with E-state index in [9.17, 15) is 23.6 Å². The van der Waals surface area contributed by atoms with E-state index in [2.05, 4.69) is 0 Å². The average molecular weight is 407 g/mol. The number of fused-ring (bicyclic) bond motifs is 1. The number of aliphatic carboxylic acids is 1. The first-order chi connectivity index (χ1) is 14.4. The number of halogens is 1. The summed E-state index contributed by atoms with van der Waals surface area (Å²) < 4.78 is 15.6. The number of nitrogens with zero attached hydrogens (tertiary/aromatic N) is 2. The number of barbiturate groups is 1. The van der Waals surface area contributed by atoms with Crippen LogP contribution in [0.2, 0.25) is 0 Å². The van der Waals surface area contributed by atoms with E-state index in [1.54, 1.807) is 24.3 Å². The van der Waals surface area contributed by atoms with Gasteiger partial charge in [0.2, 0.25) is 0 Å². The Morgan fingerprint density at radius 2 is 1.77 bits per heavy atom. The lowest BCUT2D eigenvalue weighted by molar-refractivity contribution is -0.137. The fourth-order valence-electron chi connectivity index (χ4n) is 3.33. The van der Waals surface area contributed by atoms with Crippen LogP contribution in [0.1, 0.15) is 5.56 Å². The summed E-state index contributed by atoms with van der Waals surface area (Å²) in [7, 11) is 0. The highest BCUT2D eigenvalue weighted by Gasteiger charge is 2.38. The zero-order valence-electron chi connectivity index (χ0n) is 15.3. The molecule has 2 heterocycles. The van der Waals surface area contributed by atoms with Crippen molar-refractivity contribution in [3.8, 4) is 0 Å². The van der Waals surface area contributed by atoms with Gasteiger partial charge in [0, 0.05) is 22.7 Å². The van der Waals surface area contributed by atoms with Crippen molar-refractivity contribution in [1.29, 1.82) is 0 Å². The van der Waals surface area contributed by atoms with Gasteiger partial charge in [-0.15, -0.1) is 0 Å². The third-order valence-corrected chi connectivity index (χ3v) is 4.62. The Morgan fingerprint density at radius 3 is 2.50 bits per heavy atom. The van der Waals surface area contributed by atoms with Crippen LogP contribution >= 0.6 is 0 Å². The molecular weight excluding hydrogens is 393 g/mol. The molecule has 1 fully saturated rings. The van der Waals surface area contributed by atoms with E-state index < -0.39 is 29.6 Å². The number of carboxylic acid groups (broad SMARTS) is 1. The second kappa shape index (κ2) is 7.28. The number of hydrogen-bond acceptors (Lipinski definition) is 4. The van der Waals surface area contributed by atoms with Gasteiger partial charge in [0.05, 0.1) is 5.69 Å². The summed E-state index contributed by atoms with van der Waals surface area (Å²) in [6, 6.07) is 11.0. The Labute approximate surface area is 168 Å². The predicted octanol–water partition coefficient (Wildman–Crippen LogP) is 2.53. The minimum absolute atomic E-state index is 0.285. The number of carbonyl (C=O) groups is 4. The molecule has 4 amide bonds. The highest BCUT2D eigenvalue weighted by molar-refractivity contribution is 6.39. The summed E-state index contributed by atoms with van der Waals surface area (Å²) in [5.41, 5.74) is 0.341. The van der Waals surface area contributed by atoms with Crippen molar-refractivity contribution in [3.63, 3.8) is 0 Å². The van der Waals surface area contributed by atoms with Gasteiger partial charge >= 0.3 is 12.0 Å². The fourth-order valence-corrected chi connectivity index (χ4v) is 3.33. The van der Waals surface area contributed by atoms with Gasteiger partial charge in [0.15, 0.2) is 0 Å². The van der Waals surface area contributed by atoms with Crippen LogP contribution in [-0.4, -0.2) is 33.5 Å². The molecule has 0 spiro atoms. The van der Waals surface area contributed by atoms with Crippen molar-refractivity contribution >= 4 is 46.5 Å². The van der Waals surface area contributed by atoms with Gasteiger partial charge in [0.1, 0.15) is 17.9 Å². The number of anilines is 1. The molecule has 0 unspecified atom stereocenters. The van der Waals surface area contributed by atoms with Crippen LogP contribution in [0.15, 0.2) is 60.3 Å². The molecule has 30 heavy (non-hydrogen) atoms. The Kier molecular flexibility index (Phi) is 4.63. The van der Waals surface area contributed by atoms with Crippen LogP contribution in [-0.2, 0) is 20.9 Å². The van der Waals surface area contributed by atoms with E-state index in [1.807, 2.05) is 5.32 Å². The molecule has 150 valence electrons. The summed E-state index contributed by atoms with van der Waals surface area (Å²) in [4.78, 5) is 49.2. The minimum atomic E-state index is -1.06. The molecule has 9 heteroatoms. The molecule has 1 aliphatic heterocycles. The number of nitrogens with one attached hydrogen (secondary N) is 1. The number of aromatic nitrogens is 1. The molecule has 2 N–H and O–H groups in total. The summed E-state index contributed by atoms with van der Waals surface area (Å²) in [5.74, 6) is -3.76. The first-order valence-corrected chi connectivity index (χ1v) is 8.82. The van der Waals surface area contributed by atoms with Crippen LogP contribution in [0, 0.1) is 5.82 Å². The third kappa shape index (κ3) is 3.22. The molecule has 0 atom stereocenters. The molecule has 1 aliphatic rings. The SMILES string of the molecule is O=C(O)Cn1cc(C=C2C(=O)NC(=O)N(c3ccccc3F)C2=O)c2ccccc21. The highest BCUT2D eigenvalue weighted by atomic mass is 19.1. The van der Waals surface area contributed by atoms with Gasteiger partial charge in [-0.05, 0) is 24.3 Å². The number of para-hydroxylation sites is 2. The van der Waals surface area contributed by atoms with Crippen molar-refractivity contribution in [3.05, 3.63) is 71.7 Å². The normalized spacial score (nSPS) is 15.7. The topological polar surface area (TPSA) is 109 Å². The predicted molar refractivity (Wildman–Crippen MR) is 105 cm³/mol. The standard InChI is InChI=1S/C21H14FN3O5/c22-15-6-2-4-8-17(15)25-20(29)14(19(28)23-21(25)30)9-12-10-24(11-18(26)27)16-7-3-1-5-13(12)16/h1-10H,11H2,(H,26,27)(H,23,28,30). The van der Waals surface area contributed by atoms with Crippen molar-refractivity contribution in [1.82, 2.24) is 9.88 Å². The monoisotopic (exact) mass is 407 g/mol. The summed E-state index contributed by atoms with van der Waals surface area (Å²) in [5, 5.41) is 11.8. The van der Waals surface area contributed by atoms with E-state index in [1.165, 1.54) is 35.0 Å². The quantitative estimate of drug-likeness (QED) is 0.510. The molecular formula is C21H14FN3O5. The molecule has 3 aromatic rings. The maximum absolute atomic E-state index is 14.2. The molecule has 1 saturated heterocycles.